The monoisotopic (exact) mass is 379 g/mol. The molecule has 6 nitrogen and oxygen atoms in total. The number of pyridine rings is 1. The first-order valence-corrected chi connectivity index (χ1v) is 8.91. The lowest BCUT2D eigenvalue weighted by Gasteiger charge is -2.24. The summed E-state index contributed by atoms with van der Waals surface area (Å²) in [7, 11) is 0. The van der Waals surface area contributed by atoms with Gasteiger partial charge in [-0.05, 0) is 42.0 Å². The Bertz CT molecular complexity index is 986. The van der Waals surface area contributed by atoms with Crippen molar-refractivity contribution in [3.63, 3.8) is 0 Å². The molecule has 2 amide bonds. The first-order chi connectivity index (χ1) is 13.6. The maximum absolute atomic E-state index is 13.2. The van der Waals surface area contributed by atoms with Gasteiger partial charge >= 0.3 is 0 Å². The molecular weight excluding hydrogens is 361 g/mol. The van der Waals surface area contributed by atoms with Crippen LogP contribution < -0.4 is 5.32 Å². The van der Waals surface area contributed by atoms with Gasteiger partial charge in [0.2, 0.25) is 5.91 Å². The minimum atomic E-state index is -0.481. The summed E-state index contributed by atoms with van der Waals surface area (Å²) in [6.07, 6.45) is 3.24. The Morgan fingerprint density at radius 2 is 2.00 bits per heavy atom. The number of fused-ring (bicyclic) bond motifs is 1. The van der Waals surface area contributed by atoms with E-state index in [2.05, 4.69) is 10.3 Å². The van der Waals surface area contributed by atoms with Gasteiger partial charge in [-0.15, -0.1) is 0 Å². The number of furan rings is 1. The molecule has 4 rings (SSSR count). The normalized spacial score (nSPS) is 15.5. The van der Waals surface area contributed by atoms with Crippen LogP contribution in [0.15, 0.2) is 65.4 Å². The zero-order chi connectivity index (χ0) is 19.5. The van der Waals surface area contributed by atoms with Crippen LogP contribution in [0.5, 0.6) is 0 Å². The Morgan fingerprint density at radius 1 is 1.18 bits per heavy atom. The molecule has 2 aromatic heterocycles. The number of carbonyl (C=O) groups excluding carboxylic acids is 2. The summed E-state index contributed by atoms with van der Waals surface area (Å²) in [6.45, 7) is 0.547. The van der Waals surface area contributed by atoms with Gasteiger partial charge in [0.05, 0.1) is 36.5 Å². The van der Waals surface area contributed by atoms with E-state index < -0.39 is 6.04 Å². The fraction of sp³-hybridized carbons (Fsp3) is 0.190. The molecule has 0 fully saturated rings. The Hall–Kier alpha value is -3.48. The summed E-state index contributed by atoms with van der Waals surface area (Å²) in [6, 6.07) is 12.4. The second-order valence-electron chi connectivity index (χ2n) is 6.57. The van der Waals surface area contributed by atoms with Gasteiger partial charge < -0.3 is 14.6 Å². The zero-order valence-electron chi connectivity index (χ0n) is 15.0. The van der Waals surface area contributed by atoms with Gasteiger partial charge in [0.1, 0.15) is 11.6 Å². The third-order valence-electron chi connectivity index (χ3n) is 4.71. The predicted octanol–water partition coefficient (Wildman–Crippen LogP) is 3.22. The van der Waals surface area contributed by atoms with Gasteiger partial charge in [0.25, 0.3) is 5.91 Å². The average Bonchev–Trinajstić information content (AvgIpc) is 3.31. The fourth-order valence-electron chi connectivity index (χ4n) is 3.33. The van der Waals surface area contributed by atoms with Crippen LogP contribution >= 0.6 is 0 Å². The number of hydrogen-bond donors (Lipinski definition) is 1. The van der Waals surface area contributed by atoms with Crippen LogP contribution in [0.3, 0.4) is 0 Å². The molecule has 0 spiro atoms. The summed E-state index contributed by atoms with van der Waals surface area (Å²) in [5.41, 5.74) is 1.86. The Balaban J connectivity index is 1.53. The van der Waals surface area contributed by atoms with Crippen molar-refractivity contribution < 1.29 is 18.4 Å². The molecule has 0 unspecified atom stereocenters. The molecule has 1 N–H and O–H groups in total. The smallest absolute Gasteiger partial charge is 0.256 e. The van der Waals surface area contributed by atoms with E-state index in [0.29, 0.717) is 17.0 Å². The fourth-order valence-corrected chi connectivity index (χ4v) is 3.33. The Labute approximate surface area is 161 Å². The standard InChI is InChI=1S/C21H18FN3O3/c22-15-7-5-14(6-8-15)13-25-18(20-17(21(25)27)4-1-9-23-20)11-19(26)24-12-16-3-2-10-28-16/h1-10,18H,11-13H2,(H,24,26)/t18-/m0/s1. The third kappa shape index (κ3) is 3.64. The molecule has 0 saturated heterocycles. The number of hydrogen-bond acceptors (Lipinski definition) is 4. The van der Waals surface area contributed by atoms with E-state index in [-0.39, 0.29) is 37.1 Å². The summed E-state index contributed by atoms with van der Waals surface area (Å²) >= 11 is 0. The van der Waals surface area contributed by atoms with Crippen molar-refractivity contribution in [2.24, 2.45) is 0 Å². The van der Waals surface area contributed by atoms with E-state index >= 15 is 0 Å². The van der Waals surface area contributed by atoms with Gasteiger partial charge in [-0.3, -0.25) is 14.6 Å². The molecule has 0 radical (unpaired) electrons. The van der Waals surface area contributed by atoms with E-state index in [4.69, 9.17) is 4.42 Å². The van der Waals surface area contributed by atoms with Gasteiger partial charge in [-0.2, -0.15) is 0 Å². The van der Waals surface area contributed by atoms with Crippen molar-refractivity contribution in [1.29, 1.82) is 0 Å². The minimum absolute atomic E-state index is 0.0810. The molecule has 0 aliphatic carbocycles. The van der Waals surface area contributed by atoms with E-state index in [0.717, 1.165) is 5.56 Å². The third-order valence-corrected chi connectivity index (χ3v) is 4.71. The Morgan fingerprint density at radius 3 is 2.75 bits per heavy atom. The minimum Gasteiger partial charge on any atom is -0.467 e. The molecule has 28 heavy (non-hydrogen) atoms. The number of amides is 2. The SMILES string of the molecule is O=C(C[C@H]1c2ncccc2C(=O)N1Cc1ccc(F)cc1)NCc1ccco1. The highest BCUT2D eigenvalue weighted by Crippen LogP contribution is 2.35. The molecule has 1 aliphatic rings. The number of halogens is 1. The summed E-state index contributed by atoms with van der Waals surface area (Å²) in [4.78, 5) is 31.3. The van der Waals surface area contributed by atoms with Crippen LogP contribution in [0.1, 0.15) is 39.8 Å². The predicted molar refractivity (Wildman–Crippen MR) is 98.4 cm³/mol. The lowest BCUT2D eigenvalue weighted by molar-refractivity contribution is -0.122. The van der Waals surface area contributed by atoms with Crippen LogP contribution in [0.4, 0.5) is 4.39 Å². The largest absolute Gasteiger partial charge is 0.467 e. The first kappa shape index (κ1) is 17.9. The Kier molecular flexibility index (Phi) is 4.89. The van der Waals surface area contributed by atoms with Crippen molar-refractivity contribution in [3.05, 3.63) is 89.4 Å². The second-order valence-corrected chi connectivity index (χ2v) is 6.57. The first-order valence-electron chi connectivity index (χ1n) is 8.91. The molecule has 1 aliphatic heterocycles. The number of rotatable bonds is 6. The highest BCUT2D eigenvalue weighted by Gasteiger charge is 2.38. The van der Waals surface area contributed by atoms with E-state index in [9.17, 15) is 14.0 Å². The summed E-state index contributed by atoms with van der Waals surface area (Å²) < 4.78 is 18.4. The number of aromatic nitrogens is 1. The number of nitrogens with one attached hydrogen (secondary N) is 1. The number of carbonyl (C=O) groups is 2. The lowest BCUT2D eigenvalue weighted by atomic mass is 10.1. The van der Waals surface area contributed by atoms with Crippen molar-refractivity contribution >= 4 is 11.8 Å². The average molecular weight is 379 g/mol. The van der Waals surface area contributed by atoms with E-state index in [1.54, 1.807) is 53.8 Å². The van der Waals surface area contributed by atoms with Crippen LogP contribution in [0, 0.1) is 5.82 Å². The van der Waals surface area contributed by atoms with Gasteiger partial charge in [-0.25, -0.2) is 4.39 Å². The second kappa shape index (κ2) is 7.64. The maximum atomic E-state index is 13.2. The van der Waals surface area contributed by atoms with E-state index in [1.807, 2.05) is 0 Å². The molecule has 142 valence electrons. The number of nitrogens with zero attached hydrogens (tertiary/aromatic N) is 2. The van der Waals surface area contributed by atoms with Crippen molar-refractivity contribution in [3.8, 4) is 0 Å². The van der Waals surface area contributed by atoms with Crippen LogP contribution in [0.2, 0.25) is 0 Å². The van der Waals surface area contributed by atoms with E-state index in [1.165, 1.54) is 12.1 Å². The topological polar surface area (TPSA) is 75.4 Å². The summed E-state index contributed by atoms with van der Waals surface area (Å²) in [5, 5.41) is 2.80. The van der Waals surface area contributed by atoms with Crippen molar-refractivity contribution in [2.45, 2.75) is 25.6 Å². The quantitative estimate of drug-likeness (QED) is 0.714. The molecular formula is C21H18FN3O3. The van der Waals surface area contributed by atoms with Crippen LogP contribution in [-0.4, -0.2) is 21.7 Å². The molecule has 0 bridgehead atoms. The maximum Gasteiger partial charge on any atom is 0.256 e. The lowest BCUT2D eigenvalue weighted by Crippen LogP contribution is -2.32. The molecule has 1 aromatic carbocycles. The number of benzene rings is 1. The van der Waals surface area contributed by atoms with Gasteiger partial charge in [-0.1, -0.05) is 12.1 Å². The molecule has 3 aromatic rings. The molecule has 0 saturated carbocycles. The highest BCUT2D eigenvalue weighted by molar-refractivity contribution is 5.99. The van der Waals surface area contributed by atoms with Crippen LogP contribution in [0.25, 0.3) is 0 Å². The highest BCUT2D eigenvalue weighted by atomic mass is 19.1. The van der Waals surface area contributed by atoms with Gasteiger partial charge in [0.15, 0.2) is 0 Å². The summed E-state index contributed by atoms with van der Waals surface area (Å²) in [5.74, 6) is -0.0825. The van der Waals surface area contributed by atoms with Crippen molar-refractivity contribution in [1.82, 2.24) is 15.2 Å². The zero-order valence-corrected chi connectivity index (χ0v) is 15.0. The molecule has 3 heterocycles. The molecule has 1 atom stereocenters. The molecule has 7 heteroatoms. The van der Waals surface area contributed by atoms with Crippen molar-refractivity contribution in [2.75, 3.05) is 0 Å². The van der Waals surface area contributed by atoms with Crippen LogP contribution in [-0.2, 0) is 17.9 Å². The van der Waals surface area contributed by atoms with Gasteiger partial charge in [0, 0.05) is 12.7 Å².